The Kier molecular flexibility index (Phi) is 8.79. The molecule has 9 nitrogen and oxygen atoms in total. The topological polar surface area (TPSA) is 142 Å². The Morgan fingerprint density at radius 3 is 2.74 bits per heavy atom. The van der Waals surface area contributed by atoms with Crippen LogP contribution in [0.3, 0.4) is 0 Å². The van der Waals surface area contributed by atoms with E-state index in [1.165, 1.54) is 23.1 Å². The molecule has 5 N–H and O–H groups in total. The summed E-state index contributed by atoms with van der Waals surface area (Å²) in [5, 5.41) is 34.9. The van der Waals surface area contributed by atoms with Crippen molar-refractivity contribution in [1.82, 2.24) is 9.97 Å². The molecule has 0 saturated heterocycles. The fourth-order valence-corrected chi connectivity index (χ4v) is 5.28. The number of aromatic nitrogens is 2. The number of nitriles is 1. The van der Waals surface area contributed by atoms with Crippen LogP contribution in [0.4, 0.5) is 22.3 Å². The number of anilines is 3. The first-order valence-electron chi connectivity index (χ1n) is 11.5. The standard InChI is InChI=1S/C27H24N6O3S2/c1-16-4-3-5-18(10-16)31-27-32-19(15-38-27)14-37-26-22(11-28)23(24(30-2)25(29)33-26)17-6-8-21(9-7-17)36-13-20(35)12-34/h3-10,15,20,34-35H,12-14H2,1H3,(H2,29,33)(H,31,32). The number of pyridine rings is 1. The fraction of sp³-hybridized carbons (Fsp3) is 0.185. The van der Waals surface area contributed by atoms with Gasteiger partial charge >= 0.3 is 0 Å². The van der Waals surface area contributed by atoms with Crippen LogP contribution < -0.4 is 15.8 Å². The number of hydrogen-bond donors (Lipinski definition) is 4. The van der Waals surface area contributed by atoms with Gasteiger partial charge in [0.1, 0.15) is 35.4 Å². The van der Waals surface area contributed by atoms with E-state index in [9.17, 15) is 10.4 Å². The van der Waals surface area contributed by atoms with Crippen molar-refractivity contribution in [3.63, 3.8) is 0 Å². The number of hydrogen-bond acceptors (Lipinski definition) is 10. The molecule has 38 heavy (non-hydrogen) atoms. The number of nitrogens with one attached hydrogen (secondary N) is 1. The highest BCUT2D eigenvalue weighted by atomic mass is 32.2. The maximum atomic E-state index is 10.0. The Morgan fingerprint density at radius 2 is 2.05 bits per heavy atom. The van der Waals surface area contributed by atoms with Crippen LogP contribution in [0.2, 0.25) is 0 Å². The third-order valence-electron chi connectivity index (χ3n) is 5.36. The molecule has 0 fully saturated rings. The van der Waals surface area contributed by atoms with Gasteiger partial charge in [-0.05, 0) is 42.3 Å². The molecule has 1 atom stereocenters. The number of thiazole rings is 1. The van der Waals surface area contributed by atoms with Crippen LogP contribution in [-0.2, 0) is 5.75 Å². The Labute approximate surface area is 228 Å². The van der Waals surface area contributed by atoms with Crippen LogP contribution in [0.25, 0.3) is 16.0 Å². The Bertz CT molecular complexity index is 1510. The molecule has 0 radical (unpaired) electrons. The van der Waals surface area contributed by atoms with Gasteiger partial charge in [0, 0.05) is 22.4 Å². The predicted octanol–water partition coefficient (Wildman–Crippen LogP) is 5.29. The fourth-order valence-electron chi connectivity index (χ4n) is 3.56. The van der Waals surface area contributed by atoms with E-state index in [1.54, 1.807) is 24.3 Å². The van der Waals surface area contributed by atoms with E-state index in [2.05, 4.69) is 26.2 Å². The molecule has 2 aromatic heterocycles. The molecule has 2 heterocycles. The summed E-state index contributed by atoms with van der Waals surface area (Å²) in [5.41, 5.74) is 10.4. The Balaban J connectivity index is 1.56. The number of ether oxygens (including phenoxy) is 1. The summed E-state index contributed by atoms with van der Waals surface area (Å²) in [6.07, 6.45) is -0.986. The SMILES string of the molecule is [C-]#[N+]c1c(N)nc(SCc2csc(Nc3cccc(C)c3)n2)c(C#N)c1-c1ccc(OCC(O)CO)cc1. The van der Waals surface area contributed by atoms with Gasteiger partial charge in [0.05, 0.1) is 24.4 Å². The van der Waals surface area contributed by atoms with Gasteiger partial charge < -0.3 is 26.0 Å². The summed E-state index contributed by atoms with van der Waals surface area (Å²) in [7, 11) is 0. The zero-order valence-electron chi connectivity index (χ0n) is 20.4. The maximum absolute atomic E-state index is 10.0. The third kappa shape index (κ3) is 6.40. The number of rotatable bonds is 10. The monoisotopic (exact) mass is 544 g/mol. The Hall–Kier alpha value is -4.13. The molecule has 0 aliphatic heterocycles. The van der Waals surface area contributed by atoms with Crippen molar-refractivity contribution in [2.75, 3.05) is 24.3 Å². The highest BCUT2D eigenvalue weighted by Gasteiger charge is 2.21. The highest BCUT2D eigenvalue weighted by Crippen LogP contribution is 2.42. The van der Waals surface area contributed by atoms with E-state index in [4.69, 9.17) is 22.1 Å². The lowest BCUT2D eigenvalue weighted by Gasteiger charge is -2.14. The smallest absolute Gasteiger partial charge is 0.236 e. The average Bonchev–Trinajstić information content (AvgIpc) is 3.37. The summed E-state index contributed by atoms with van der Waals surface area (Å²) < 4.78 is 5.46. The van der Waals surface area contributed by atoms with E-state index in [0.29, 0.717) is 27.7 Å². The largest absolute Gasteiger partial charge is 0.491 e. The molecule has 2 aromatic carbocycles. The highest BCUT2D eigenvalue weighted by molar-refractivity contribution is 7.98. The van der Waals surface area contributed by atoms with Crippen molar-refractivity contribution < 1.29 is 14.9 Å². The lowest BCUT2D eigenvalue weighted by Crippen LogP contribution is -2.21. The van der Waals surface area contributed by atoms with Crippen LogP contribution in [-0.4, -0.2) is 39.5 Å². The zero-order valence-corrected chi connectivity index (χ0v) is 22.0. The number of aryl methyl sites for hydroxylation is 1. The number of nitrogens with zero attached hydrogens (tertiary/aromatic N) is 4. The van der Waals surface area contributed by atoms with Gasteiger partial charge in [0.15, 0.2) is 5.13 Å². The van der Waals surface area contributed by atoms with Crippen LogP contribution in [0, 0.1) is 24.8 Å². The number of thioether (sulfide) groups is 1. The van der Waals surface area contributed by atoms with Crippen molar-refractivity contribution in [3.8, 4) is 22.9 Å². The number of aliphatic hydroxyl groups excluding tert-OH is 2. The van der Waals surface area contributed by atoms with E-state index in [1.807, 2.05) is 36.6 Å². The number of benzene rings is 2. The second-order valence-corrected chi connectivity index (χ2v) is 10.0. The second kappa shape index (κ2) is 12.4. The van der Waals surface area contributed by atoms with Crippen molar-refractivity contribution in [2.24, 2.45) is 0 Å². The van der Waals surface area contributed by atoms with Gasteiger partial charge in [-0.25, -0.2) is 14.8 Å². The molecule has 192 valence electrons. The number of nitrogen functional groups attached to an aromatic ring is 1. The van der Waals surface area contributed by atoms with E-state index < -0.39 is 12.7 Å². The summed E-state index contributed by atoms with van der Waals surface area (Å²) >= 11 is 2.82. The number of nitrogens with two attached hydrogens (primary N) is 1. The molecule has 0 saturated carbocycles. The van der Waals surface area contributed by atoms with E-state index in [0.717, 1.165) is 22.1 Å². The van der Waals surface area contributed by atoms with Gasteiger partial charge in [-0.3, -0.25) is 0 Å². The van der Waals surface area contributed by atoms with Crippen LogP contribution >= 0.6 is 23.1 Å². The minimum Gasteiger partial charge on any atom is -0.491 e. The molecule has 0 aliphatic rings. The average molecular weight is 545 g/mol. The van der Waals surface area contributed by atoms with Crippen molar-refractivity contribution >= 4 is 45.4 Å². The maximum Gasteiger partial charge on any atom is 0.236 e. The van der Waals surface area contributed by atoms with Crippen molar-refractivity contribution in [2.45, 2.75) is 23.8 Å². The van der Waals surface area contributed by atoms with Crippen LogP contribution in [0.1, 0.15) is 16.8 Å². The first-order valence-corrected chi connectivity index (χ1v) is 13.3. The Morgan fingerprint density at radius 1 is 1.26 bits per heavy atom. The quantitative estimate of drug-likeness (QED) is 0.155. The molecular weight excluding hydrogens is 520 g/mol. The molecule has 4 rings (SSSR count). The van der Waals surface area contributed by atoms with Gasteiger partial charge in [-0.1, -0.05) is 36.0 Å². The second-order valence-electron chi connectivity index (χ2n) is 8.22. The summed E-state index contributed by atoms with van der Waals surface area (Å²) in [5.74, 6) is 0.978. The van der Waals surface area contributed by atoms with Gasteiger partial charge in [0.2, 0.25) is 5.69 Å². The molecular formula is C27H24N6O3S2. The summed E-state index contributed by atoms with van der Waals surface area (Å²) in [6.45, 7) is 9.20. The number of aliphatic hydroxyl groups is 2. The predicted molar refractivity (Wildman–Crippen MR) is 150 cm³/mol. The van der Waals surface area contributed by atoms with E-state index in [-0.39, 0.29) is 23.7 Å². The van der Waals surface area contributed by atoms with Gasteiger partial charge in [-0.2, -0.15) is 5.26 Å². The molecule has 1 unspecified atom stereocenters. The molecule has 4 aromatic rings. The molecule has 11 heteroatoms. The third-order valence-corrected chi connectivity index (χ3v) is 7.18. The van der Waals surface area contributed by atoms with Crippen LogP contribution in [0.5, 0.6) is 5.75 Å². The lowest BCUT2D eigenvalue weighted by molar-refractivity contribution is 0.0536. The normalized spacial score (nSPS) is 11.4. The molecule has 0 aliphatic carbocycles. The minimum atomic E-state index is -0.986. The molecule has 0 bridgehead atoms. The molecule has 0 amide bonds. The summed E-state index contributed by atoms with van der Waals surface area (Å²) in [6, 6.07) is 17.0. The van der Waals surface area contributed by atoms with E-state index >= 15 is 0 Å². The first-order chi connectivity index (χ1) is 18.4. The lowest BCUT2D eigenvalue weighted by atomic mass is 10.00. The zero-order chi connectivity index (χ0) is 27.1. The minimum absolute atomic E-state index is 0.0444. The summed E-state index contributed by atoms with van der Waals surface area (Å²) in [4.78, 5) is 12.5. The van der Waals surface area contributed by atoms with Gasteiger partial charge in [0.25, 0.3) is 0 Å². The molecule has 0 spiro atoms. The van der Waals surface area contributed by atoms with Crippen molar-refractivity contribution in [3.05, 3.63) is 82.1 Å². The first kappa shape index (κ1) is 26.9. The van der Waals surface area contributed by atoms with Crippen molar-refractivity contribution in [1.29, 1.82) is 5.26 Å². The van der Waals surface area contributed by atoms with Gasteiger partial charge in [-0.15, -0.1) is 11.3 Å². The van der Waals surface area contributed by atoms with Crippen LogP contribution in [0.15, 0.2) is 58.9 Å².